The minimum Gasteiger partial charge on any atom is -0.0619 e. The zero-order valence-corrected chi connectivity index (χ0v) is 13.7. The standard InChI is InChI=1S/C24H18/c1-16-10-12-17(13-11-16)23-15-19-14-18-6-2-3-7-20(18)24(19)22-9-5-4-8-21(22)23/h2-13,15H,14H2,1H3. The van der Waals surface area contributed by atoms with Crippen LogP contribution >= 0.6 is 0 Å². The van der Waals surface area contributed by atoms with E-state index >= 15 is 0 Å². The van der Waals surface area contributed by atoms with Crippen LogP contribution in [0.4, 0.5) is 0 Å². The van der Waals surface area contributed by atoms with Crippen LogP contribution in [0.2, 0.25) is 0 Å². The van der Waals surface area contributed by atoms with E-state index in [0.717, 1.165) is 6.42 Å². The van der Waals surface area contributed by atoms with Crippen LogP contribution < -0.4 is 0 Å². The van der Waals surface area contributed by atoms with Crippen molar-refractivity contribution in [1.29, 1.82) is 0 Å². The largest absolute Gasteiger partial charge is 0.0619 e. The smallest absolute Gasteiger partial charge is 0.00130 e. The summed E-state index contributed by atoms with van der Waals surface area (Å²) in [6, 6.07) is 28.9. The molecule has 0 amide bonds. The molecule has 4 aromatic carbocycles. The third kappa shape index (κ3) is 1.93. The van der Waals surface area contributed by atoms with Crippen molar-refractivity contribution in [2.75, 3.05) is 0 Å². The fraction of sp³-hybridized carbons (Fsp3) is 0.0833. The van der Waals surface area contributed by atoms with E-state index in [2.05, 4.69) is 85.8 Å². The summed E-state index contributed by atoms with van der Waals surface area (Å²) in [6.45, 7) is 2.14. The maximum atomic E-state index is 2.41. The van der Waals surface area contributed by atoms with Gasteiger partial charge in [-0.05, 0) is 63.6 Å². The van der Waals surface area contributed by atoms with Crippen LogP contribution in [0.3, 0.4) is 0 Å². The molecule has 1 aliphatic carbocycles. The van der Waals surface area contributed by atoms with Gasteiger partial charge in [0.1, 0.15) is 0 Å². The normalized spacial score (nSPS) is 12.2. The lowest BCUT2D eigenvalue weighted by Crippen LogP contribution is -1.88. The van der Waals surface area contributed by atoms with Gasteiger partial charge in [-0.1, -0.05) is 78.4 Å². The summed E-state index contributed by atoms with van der Waals surface area (Å²) in [6.07, 6.45) is 1.04. The van der Waals surface area contributed by atoms with Gasteiger partial charge in [0.05, 0.1) is 0 Å². The number of rotatable bonds is 1. The van der Waals surface area contributed by atoms with E-state index in [9.17, 15) is 0 Å². The first-order valence-electron chi connectivity index (χ1n) is 8.51. The quantitative estimate of drug-likeness (QED) is 0.337. The highest BCUT2D eigenvalue weighted by molar-refractivity contribution is 6.08. The Morgan fingerprint density at radius 3 is 2.17 bits per heavy atom. The zero-order chi connectivity index (χ0) is 16.1. The molecular weight excluding hydrogens is 288 g/mol. The third-order valence-electron chi connectivity index (χ3n) is 5.16. The van der Waals surface area contributed by atoms with Gasteiger partial charge in [-0.2, -0.15) is 0 Å². The fourth-order valence-corrected chi connectivity index (χ4v) is 3.99. The summed E-state index contributed by atoms with van der Waals surface area (Å²) >= 11 is 0. The molecule has 0 atom stereocenters. The molecule has 0 spiro atoms. The van der Waals surface area contributed by atoms with Crippen LogP contribution in [0.1, 0.15) is 16.7 Å². The van der Waals surface area contributed by atoms with Crippen molar-refractivity contribution >= 4 is 10.8 Å². The van der Waals surface area contributed by atoms with E-state index in [1.54, 1.807) is 0 Å². The third-order valence-corrected chi connectivity index (χ3v) is 5.16. The number of fused-ring (bicyclic) bond motifs is 5. The molecule has 0 bridgehead atoms. The maximum Gasteiger partial charge on any atom is -0.00130 e. The molecule has 0 heterocycles. The lowest BCUT2D eigenvalue weighted by Gasteiger charge is -2.13. The first kappa shape index (κ1) is 13.6. The van der Waals surface area contributed by atoms with Crippen LogP contribution in [0.25, 0.3) is 33.0 Å². The SMILES string of the molecule is Cc1ccc(-c2cc3c(c4ccccc24)-c2ccccc2C3)cc1. The van der Waals surface area contributed by atoms with Crippen molar-refractivity contribution in [3.05, 3.63) is 95.6 Å². The van der Waals surface area contributed by atoms with E-state index in [1.165, 1.54) is 49.7 Å². The van der Waals surface area contributed by atoms with Gasteiger partial charge in [-0.15, -0.1) is 0 Å². The molecular formula is C24H18. The Kier molecular flexibility index (Phi) is 2.87. The Labute approximate surface area is 142 Å². The molecule has 0 aliphatic heterocycles. The summed E-state index contributed by atoms with van der Waals surface area (Å²) < 4.78 is 0. The Balaban J connectivity index is 1.85. The number of hydrogen-bond acceptors (Lipinski definition) is 0. The van der Waals surface area contributed by atoms with Crippen LogP contribution in [0.15, 0.2) is 78.9 Å². The van der Waals surface area contributed by atoms with Crippen molar-refractivity contribution in [3.8, 4) is 22.3 Å². The van der Waals surface area contributed by atoms with Crippen molar-refractivity contribution in [2.24, 2.45) is 0 Å². The van der Waals surface area contributed by atoms with Gasteiger partial charge < -0.3 is 0 Å². The second kappa shape index (κ2) is 5.07. The minimum absolute atomic E-state index is 1.04. The van der Waals surface area contributed by atoms with E-state index in [1.807, 2.05) is 0 Å². The average Bonchev–Trinajstić information content (AvgIpc) is 3.00. The van der Waals surface area contributed by atoms with Gasteiger partial charge in [0, 0.05) is 0 Å². The monoisotopic (exact) mass is 306 g/mol. The molecule has 0 saturated heterocycles. The number of aryl methyl sites for hydroxylation is 1. The Morgan fingerprint density at radius 2 is 1.33 bits per heavy atom. The number of benzene rings is 4. The van der Waals surface area contributed by atoms with E-state index in [4.69, 9.17) is 0 Å². The average molecular weight is 306 g/mol. The molecule has 0 N–H and O–H groups in total. The van der Waals surface area contributed by atoms with E-state index in [0.29, 0.717) is 0 Å². The molecule has 0 nitrogen and oxygen atoms in total. The van der Waals surface area contributed by atoms with Gasteiger partial charge in [0.2, 0.25) is 0 Å². The van der Waals surface area contributed by atoms with Gasteiger partial charge in [-0.3, -0.25) is 0 Å². The van der Waals surface area contributed by atoms with Crippen LogP contribution in [-0.4, -0.2) is 0 Å². The summed E-state index contributed by atoms with van der Waals surface area (Å²) in [4.78, 5) is 0. The van der Waals surface area contributed by atoms with E-state index in [-0.39, 0.29) is 0 Å². The molecule has 0 radical (unpaired) electrons. The molecule has 5 rings (SSSR count). The summed E-state index contributed by atoms with van der Waals surface area (Å²) in [5, 5.41) is 2.72. The Bertz CT molecular complexity index is 1070. The Hall–Kier alpha value is -2.86. The second-order valence-electron chi connectivity index (χ2n) is 6.70. The van der Waals surface area contributed by atoms with E-state index < -0.39 is 0 Å². The Morgan fingerprint density at radius 1 is 0.625 bits per heavy atom. The first-order valence-corrected chi connectivity index (χ1v) is 8.51. The lowest BCUT2D eigenvalue weighted by molar-refractivity contribution is 1.27. The predicted octanol–water partition coefficient (Wildman–Crippen LogP) is 6.39. The van der Waals surface area contributed by atoms with Gasteiger partial charge in [0.15, 0.2) is 0 Å². The first-order chi connectivity index (χ1) is 11.8. The lowest BCUT2D eigenvalue weighted by atomic mass is 9.91. The molecule has 114 valence electrons. The van der Waals surface area contributed by atoms with Crippen molar-refractivity contribution < 1.29 is 0 Å². The zero-order valence-electron chi connectivity index (χ0n) is 13.7. The van der Waals surface area contributed by atoms with Crippen molar-refractivity contribution in [1.82, 2.24) is 0 Å². The predicted molar refractivity (Wildman–Crippen MR) is 102 cm³/mol. The topological polar surface area (TPSA) is 0 Å². The summed E-state index contributed by atoms with van der Waals surface area (Å²) in [7, 11) is 0. The van der Waals surface area contributed by atoms with Crippen molar-refractivity contribution in [3.63, 3.8) is 0 Å². The molecule has 0 heteroatoms. The van der Waals surface area contributed by atoms with Gasteiger partial charge in [0.25, 0.3) is 0 Å². The highest BCUT2D eigenvalue weighted by atomic mass is 14.3. The van der Waals surface area contributed by atoms with Gasteiger partial charge in [-0.25, -0.2) is 0 Å². The summed E-state index contributed by atoms with van der Waals surface area (Å²) in [5.74, 6) is 0. The summed E-state index contributed by atoms with van der Waals surface area (Å²) in [5.41, 5.74) is 9.67. The van der Waals surface area contributed by atoms with Gasteiger partial charge >= 0.3 is 0 Å². The molecule has 0 fully saturated rings. The molecule has 0 saturated carbocycles. The highest BCUT2D eigenvalue weighted by Gasteiger charge is 2.22. The van der Waals surface area contributed by atoms with Crippen molar-refractivity contribution in [2.45, 2.75) is 13.3 Å². The highest BCUT2D eigenvalue weighted by Crippen LogP contribution is 2.44. The van der Waals surface area contributed by atoms with Crippen LogP contribution in [0.5, 0.6) is 0 Å². The maximum absolute atomic E-state index is 2.41. The second-order valence-corrected chi connectivity index (χ2v) is 6.70. The minimum atomic E-state index is 1.04. The fourth-order valence-electron chi connectivity index (χ4n) is 3.99. The molecule has 24 heavy (non-hydrogen) atoms. The molecule has 0 unspecified atom stereocenters. The molecule has 4 aromatic rings. The molecule has 0 aromatic heterocycles. The van der Waals surface area contributed by atoms with Crippen LogP contribution in [-0.2, 0) is 6.42 Å². The van der Waals surface area contributed by atoms with Crippen LogP contribution in [0, 0.1) is 6.92 Å². The number of hydrogen-bond donors (Lipinski definition) is 0. The molecule has 1 aliphatic rings.